The van der Waals surface area contributed by atoms with Gasteiger partial charge < -0.3 is 5.32 Å². The van der Waals surface area contributed by atoms with E-state index in [1.165, 1.54) is 12.1 Å². The minimum atomic E-state index is -0.432. The van der Waals surface area contributed by atoms with Crippen molar-refractivity contribution in [3.05, 3.63) is 34.6 Å². The molecule has 1 N–H and O–H groups in total. The highest BCUT2D eigenvalue weighted by Crippen LogP contribution is 2.19. The van der Waals surface area contributed by atoms with E-state index in [1.807, 2.05) is 0 Å². The van der Waals surface area contributed by atoms with Gasteiger partial charge in [-0.3, -0.25) is 4.79 Å². The van der Waals surface area contributed by atoms with E-state index < -0.39 is 5.82 Å². The third-order valence-corrected chi connectivity index (χ3v) is 4.01. The first-order valence-corrected chi connectivity index (χ1v) is 8.34. The van der Waals surface area contributed by atoms with Crippen LogP contribution in [-0.4, -0.2) is 17.8 Å². The third kappa shape index (κ3) is 5.80. The van der Waals surface area contributed by atoms with E-state index in [-0.39, 0.29) is 17.9 Å². The SMILES string of the molecule is CCCC(CCBr)CNC(=O)Cc1c(F)cccc1Cl. The van der Waals surface area contributed by atoms with Crippen molar-refractivity contribution in [2.45, 2.75) is 32.6 Å². The second-order valence-corrected chi connectivity index (χ2v) is 6.01. The van der Waals surface area contributed by atoms with Crippen molar-refractivity contribution in [3.63, 3.8) is 0 Å². The van der Waals surface area contributed by atoms with Gasteiger partial charge in [0, 0.05) is 22.5 Å². The van der Waals surface area contributed by atoms with Crippen LogP contribution in [0.5, 0.6) is 0 Å². The van der Waals surface area contributed by atoms with Gasteiger partial charge >= 0.3 is 0 Å². The second kappa shape index (κ2) is 9.35. The van der Waals surface area contributed by atoms with Gasteiger partial charge in [-0.25, -0.2) is 4.39 Å². The predicted molar refractivity (Wildman–Crippen MR) is 84.9 cm³/mol. The van der Waals surface area contributed by atoms with Gasteiger partial charge in [0.1, 0.15) is 5.82 Å². The summed E-state index contributed by atoms with van der Waals surface area (Å²) in [6.45, 7) is 2.76. The molecule has 0 bridgehead atoms. The van der Waals surface area contributed by atoms with Crippen LogP contribution in [0.3, 0.4) is 0 Å². The van der Waals surface area contributed by atoms with Crippen LogP contribution < -0.4 is 5.32 Å². The molecular formula is C15H20BrClFNO. The van der Waals surface area contributed by atoms with Crippen molar-refractivity contribution in [3.8, 4) is 0 Å². The number of amides is 1. The van der Waals surface area contributed by atoms with Crippen molar-refractivity contribution in [2.24, 2.45) is 5.92 Å². The maximum Gasteiger partial charge on any atom is 0.224 e. The number of alkyl halides is 1. The van der Waals surface area contributed by atoms with Crippen LogP contribution >= 0.6 is 27.5 Å². The molecule has 1 rings (SSSR count). The highest BCUT2D eigenvalue weighted by molar-refractivity contribution is 9.09. The molecule has 0 fully saturated rings. The molecule has 0 aromatic heterocycles. The Hall–Kier alpha value is -0.610. The molecule has 0 radical (unpaired) electrons. The summed E-state index contributed by atoms with van der Waals surface area (Å²) in [5.74, 6) is -0.162. The van der Waals surface area contributed by atoms with Gasteiger partial charge in [0.05, 0.1) is 6.42 Å². The summed E-state index contributed by atoms with van der Waals surface area (Å²) in [6.07, 6.45) is 3.17. The largest absolute Gasteiger partial charge is 0.356 e. The predicted octanol–water partition coefficient (Wildman–Crippen LogP) is 4.34. The summed E-state index contributed by atoms with van der Waals surface area (Å²) in [4.78, 5) is 11.9. The maximum atomic E-state index is 13.6. The number of rotatable bonds is 8. The van der Waals surface area contributed by atoms with Crippen molar-refractivity contribution in [1.29, 1.82) is 0 Å². The van der Waals surface area contributed by atoms with Gasteiger partial charge in [-0.05, 0) is 30.9 Å². The Labute approximate surface area is 133 Å². The number of nitrogens with one attached hydrogen (secondary N) is 1. The average Bonchev–Trinajstić information content (AvgIpc) is 2.41. The fourth-order valence-electron chi connectivity index (χ4n) is 2.09. The van der Waals surface area contributed by atoms with Gasteiger partial charge in [0.15, 0.2) is 0 Å². The number of hydrogen-bond acceptors (Lipinski definition) is 1. The minimum absolute atomic E-state index is 0.0152. The Balaban J connectivity index is 2.51. The van der Waals surface area contributed by atoms with Crippen LogP contribution in [0.15, 0.2) is 18.2 Å². The summed E-state index contributed by atoms with van der Waals surface area (Å²) in [6, 6.07) is 4.45. The molecular weight excluding hydrogens is 345 g/mol. The highest BCUT2D eigenvalue weighted by Gasteiger charge is 2.13. The molecule has 0 saturated heterocycles. The molecule has 0 saturated carbocycles. The van der Waals surface area contributed by atoms with E-state index >= 15 is 0 Å². The molecule has 112 valence electrons. The molecule has 1 aromatic rings. The first-order valence-electron chi connectivity index (χ1n) is 6.84. The van der Waals surface area contributed by atoms with E-state index in [9.17, 15) is 9.18 Å². The highest BCUT2D eigenvalue weighted by atomic mass is 79.9. The first-order chi connectivity index (χ1) is 9.58. The smallest absolute Gasteiger partial charge is 0.224 e. The van der Waals surface area contributed by atoms with Gasteiger partial charge in [-0.1, -0.05) is 46.9 Å². The Morgan fingerprint density at radius 2 is 2.20 bits per heavy atom. The topological polar surface area (TPSA) is 29.1 Å². The van der Waals surface area contributed by atoms with Gasteiger partial charge in [-0.2, -0.15) is 0 Å². The number of carbonyl (C=O) groups excluding carboxylic acids is 1. The molecule has 0 heterocycles. The molecule has 1 atom stereocenters. The molecule has 2 nitrogen and oxygen atoms in total. The van der Waals surface area contributed by atoms with E-state index in [4.69, 9.17) is 11.6 Å². The number of carbonyl (C=O) groups is 1. The summed E-state index contributed by atoms with van der Waals surface area (Å²) < 4.78 is 13.6. The summed E-state index contributed by atoms with van der Waals surface area (Å²) in [5.41, 5.74) is 0.263. The van der Waals surface area contributed by atoms with Gasteiger partial charge in [0.2, 0.25) is 5.91 Å². The lowest BCUT2D eigenvalue weighted by Crippen LogP contribution is -2.31. The van der Waals surface area contributed by atoms with Crippen molar-refractivity contribution in [2.75, 3.05) is 11.9 Å². The first kappa shape index (κ1) is 17.4. The lowest BCUT2D eigenvalue weighted by atomic mass is 10.0. The maximum absolute atomic E-state index is 13.6. The molecule has 0 spiro atoms. The van der Waals surface area contributed by atoms with Crippen LogP contribution in [0, 0.1) is 11.7 Å². The third-order valence-electron chi connectivity index (χ3n) is 3.20. The molecule has 0 aliphatic rings. The number of hydrogen-bond donors (Lipinski definition) is 1. The van der Waals surface area contributed by atoms with Crippen molar-refractivity contribution < 1.29 is 9.18 Å². The number of benzene rings is 1. The van der Waals surface area contributed by atoms with Crippen molar-refractivity contribution >= 4 is 33.4 Å². The van der Waals surface area contributed by atoms with E-state index in [0.29, 0.717) is 17.5 Å². The fourth-order valence-corrected chi connectivity index (χ4v) is 2.97. The lowest BCUT2D eigenvalue weighted by Gasteiger charge is -2.16. The van der Waals surface area contributed by atoms with Crippen LogP contribution in [0.4, 0.5) is 4.39 Å². The molecule has 20 heavy (non-hydrogen) atoms. The Morgan fingerprint density at radius 3 is 2.80 bits per heavy atom. The van der Waals surface area contributed by atoms with Crippen LogP contribution in [-0.2, 0) is 11.2 Å². The second-order valence-electron chi connectivity index (χ2n) is 4.81. The summed E-state index contributed by atoms with van der Waals surface area (Å²) in [7, 11) is 0. The molecule has 5 heteroatoms. The normalized spacial score (nSPS) is 12.2. The van der Waals surface area contributed by atoms with E-state index in [2.05, 4.69) is 28.2 Å². The van der Waals surface area contributed by atoms with E-state index in [1.54, 1.807) is 6.07 Å². The average molecular weight is 365 g/mol. The van der Waals surface area contributed by atoms with Crippen LogP contribution in [0.25, 0.3) is 0 Å². The van der Waals surface area contributed by atoms with E-state index in [0.717, 1.165) is 24.6 Å². The Kier molecular flexibility index (Phi) is 8.15. The number of halogens is 3. The molecule has 1 aromatic carbocycles. The zero-order valence-electron chi connectivity index (χ0n) is 11.6. The quantitative estimate of drug-likeness (QED) is 0.683. The van der Waals surface area contributed by atoms with Crippen LogP contribution in [0.1, 0.15) is 31.7 Å². The lowest BCUT2D eigenvalue weighted by molar-refractivity contribution is -0.120. The summed E-state index contributed by atoms with van der Waals surface area (Å²) >= 11 is 9.33. The molecule has 0 aliphatic carbocycles. The standard InChI is InChI=1S/C15H20BrClFNO/c1-2-4-11(7-8-16)10-19-15(20)9-12-13(17)5-3-6-14(12)18/h3,5-6,11H,2,4,7-10H2,1H3,(H,19,20). The van der Waals surface area contributed by atoms with Crippen molar-refractivity contribution in [1.82, 2.24) is 5.32 Å². The zero-order valence-corrected chi connectivity index (χ0v) is 13.9. The molecule has 0 aliphatic heterocycles. The minimum Gasteiger partial charge on any atom is -0.356 e. The van der Waals surface area contributed by atoms with Gasteiger partial charge in [-0.15, -0.1) is 0 Å². The Bertz CT molecular complexity index is 416. The van der Waals surface area contributed by atoms with Gasteiger partial charge in [0.25, 0.3) is 0 Å². The molecule has 1 amide bonds. The fraction of sp³-hybridized carbons (Fsp3) is 0.533. The monoisotopic (exact) mass is 363 g/mol. The Morgan fingerprint density at radius 1 is 1.45 bits per heavy atom. The zero-order chi connectivity index (χ0) is 15.0. The van der Waals surface area contributed by atoms with Crippen LogP contribution in [0.2, 0.25) is 5.02 Å². The molecule has 1 unspecified atom stereocenters. The summed E-state index contributed by atoms with van der Waals surface area (Å²) in [5, 5.41) is 4.09.